The van der Waals surface area contributed by atoms with Gasteiger partial charge in [-0.1, -0.05) is 6.92 Å². The van der Waals surface area contributed by atoms with Crippen LogP contribution >= 0.6 is 0 Å². The molecule has 164 valence electrons. The highest BCUT2D eigenvalue weighted by molar-refractivity contribution is 6.09. The molecule has 0 spiro atoms. The third-order valence-corrected chi connectivity index (χ3v) is 5.20. The van der Waals surface area contributed by atoms with Crippen molar-refractivity contribution in [3.63, 3.8) is 0 Å². The van der Waals surface area contributed by atoms with Gasteiger partial charge in [0.25, 0.3) is 5.91 Å². The highest BCUT2D eigenvalue weighted by Crippen LogP contribution is 2.30. The summed E-state index contributed by atoms with van der Waals surface area (Å²) in [5.74, 6) is -1.29. The van der Waals surface area contributed by atoms with Crippen LogP contribution in [0.25, 0.3) is 22.4 Å². The number of amides is 1. The molecular weight excluding hydrogens is 415 g/mol. The Labute approximate surface area is 181 Å². The van der Waals surface area contributed by atoms with Gasteiger partial charge in [0, 0.05) is 49.1 Å². The molecule has 0 radical (unpaired) electrons. The minimum atomic E-state index is -0.681. The summed E-state index contributed by atoms with van der Waals surface area (Å²) in [6, 6.07) is 6.90. The first-order chi connectivity index (χ1) is 15.3. The lowest BCUT2D eigenvalue weighted by Gasteiger charge is -2.11. The zero-order chi connectivity index (χ0) is 23.0. The van der Waals surface area contributed by atoms with Crippen molar-refractivity contribution in [1.29, 1.82) is 0 Å². The summed E-state index contributed by atoms with van der Waals surface area (Å²) >= 11 is 0. The number of halogens is 1. The molecule has 0 saturated carbocycles. The van der Waals surface area contributed by atoms with Crippen molar-refractivity contribution >= 4 is 22.9 Å². The predicted molar refractivity (Wildman–Crippen MR) is 118 cm³/mol. The predicted octanol–water partition coefficient (Wildman–Crippen LogP) is 2.38. The maximum absolute atomic E-state index is 15.3. The number of aliphatic hydroxyl groups is 2. The second-order valence-corrected chi connectivity index (χ2v) is 7.38. The normalized spacial score (nSPS) is 12.2. The second-order valence-electron chi connectivity index (χ2n) is 7.38. The monoisotopic (exact) mass is 436 g/mol. The standard InChI is InChI=1S/C23H21FN4O4/c1-3-21(31)20-9-17(19-8-15(30)4-5-28(19)20)23(32)26-18-7-13(12-29)6-16(22(18)24)14-10-25-27(2)11-14/h4-11,29,31H,3,12H2,1-2H3,(H,26,32)/b21-20-. The fraction of sp³-hybridized carbons (Fsp3) is 0.174. The van der Waals surface area contributed by atoms with Crippen molar-refractivity contribution in [3.05, 3.63) is 81.4 Å². The van der Waals surface area contributed by atoms with Crippen molar-refractivity contribution in [2.24, 2.45) is 7.05 Å². The molecule has 1 amide bonds. The van der Waals surface area contributed by atoms with Gasteiger partial charge in [0.15, 0.2) is 11.2 Å². The number of benzene rings is 1. The van der Waals surface area contributed by atoms with Gasteiger partial charge in [0.05, 0.1) is 34.9 Å². The van der Waals surface area contributed by atoms with E-state index in [-0.39, 0.29) is 40.1 Å². The molecule has 8 nitrogen and oxygen atoms in total. The number of anilines is 1. The maximum Gasteiger partial charge on any atom is 0.257 e. The van der Waals surface area contributed by atoms with Crippen LogP contribution in [0.5, 0.6) is 0 Å². The molecule has 0 saturated heterocycles. The van der Waals surface area contributed by atoms with E-state index >= 15 is 4.39 Å². The van der Waals surface area contributed by atoms with Gasteiger partial charge in [-0.25, -0.2) is 4.39 Å². The Morgan fingerprint density at radius 2 is 2.03 bits per heavy atom. The summed E-state index contributed by atoms with van der Waals surface area (Å²) in [7, 11) is 1.70. The Morgan fingerprint density at radius 1 is 1.25 bits per heavy atom. The Balaban J connectivity index is 1.83. The van der Waals surface area contributed by atoms with Crippen molar-refractivity contribution in [1.82, 2.24) is 14.2 Å². The summed E-state index contributed by atoms with van der Waals surface area (Å²) in [5, 5.41) is 26.8. The highest BCUT2D eigenvalue weighted by Gasteiger charge is 2.19. The van der Waals surface area contributed by atoms with E-state index in [1.54, 1.807) is 20.2 Å². The first-order valence-corrected chi connectivity index (χ1v) is 9.93. The molecule has 0 fully saturated rings. The fourth-order valence-electron chi connectivity index (χ4n) is 3.59. The van der Waals surface area contributed by atoms with E-state index in [0.29, 0.717) is 22.9 Å². The third-order valence-electron chi connectivity index (χ3n) is 5.20. The molecule has 3 heterocycles. The zero-order valence-electron chi connectivity index (χ0n) is 17.5. The molecule has 0 aliphatic rings. The summed E-state index contributed by atoms with van der Waals surface area (Å²) in [4.78, 5) is 25.0. The van der Waals surface area contributed by atoms with Gasteiger partial charge in [-0.15, -0.1) is 0 Å². The molecule has 0 atom stereocenters. The van der Waals surface area contributed by atoms with Gasteiger partial charge < -0.3 is 19.9 Å². The van der Waals surface area contributed by atoms with Crippen LogP contribution in [0, 0.1) is 5.82 Å². The van der Waals surface area contributed by atoms with Crippen LogP contribution in [-0.4, -0.2) is 30.3 Å². The number of hydrogen-bond acceptors (Lipinski definition) is 5. The fourth-order valence-corrected chi connectivity index (χ4v) is 3.59. The van der Waals surface area contributed by atoms with Crippen LogP contribution in [0.2, 0.25) is 0 Å². The molecule has 9 heteroatoms. The van der Waals surface area contributed by atoms with Crippen molar-refractivity contribution < 1.29 is 19.4 Å². The van der Waals surface area contributed by atoms with Crippen molar-refractivity contribution in [2.45, 2.75) is 20.0 Å². The molecular formula is C23H21FN4O4. The number of rotatable bonds is 5. The number of aliphatic hydroxyl groups excluding tert-OH is 2. The highest BCUT2D eigenvalue weighted by atomic mass is 19.1. The Kier molecular flexibility index (Phi) is 5.50. The van der Waals surface area contributed by atoms with E-state index in [1.165, 1.54) is 51.8 Å². The molecule has 0 bridgehead atoms. The van der Waals surface area contributed by atoms with Gasteiger partial charge in [-0.2, -0.15) is 5.10 Å². The number of pyridine rings is 1. The third kappa shape index (κ3) is 3.74. The van der Waals surface area contributed by atoms with E-state index < -0.39 is 11.7 Å². The Hall–Kier alpha value is -3.98. The lowest BCUT2D eigenvalue weighted by atomic mass is 10.0. The van der Waals surface area contributed by atoms with E-state index in [1.807, 2.05) is 0 Å². The van der Waals surface area contributed by atoms with Crippen LogP contribution in [0.4, 0.5) is 10.1 Å². The van der Waals surface area contributed by atoms with Gasteiger partial charge in [0.2, 0.25) is 0 Å². The first-order valence-electron chi connectivity index (χ1n) is 9.93. The minimum absolute atomic E-state index is 0.0463. The number of nitrogens with one attached hydrogen (secondary N) is 1. The van der Waals surface area contributed by atoms with E-state index in [0.717, 1.165) is 0 Å². The number of aryl methyl sites for hydroxylation is 1. The van der Waals surface area contributed by atoms with Crippen LogP contribution in [-0.2, 0) is 13.7 Å². The Morgan fingerprint density at radius 3 is 2.69 bits per heavy atom. The molecule has 1 aromatic carbocycles. The lowest BCUT2D eigenvalue weighted by molar-refractivity contribution is 0.102. The SMILES string of the molecule is CC/C(O)=c1\cc(C(=O)Nc2cc(CO)cc(-c3cnn(C)c3)c2F)c2cc(=O)ccn12. The largest absolute Gasteiger partial charge is 0.510 e. The minimum Gasteiger partial charge on any atom is -0.510 e. The molecule has 0 unspecified atom stereocenters. The number of fused-ring (bicyclic) bond motifs is 1. The molecule has 3 N–H and O–H groups in total. The molecule has 4 rings (SSSR count). The molecule has 4 aromatic rings. The number of aromatic nitrogens is 3. The summed E-state index contributed by atoms with van der Waals surface area (Å²) in [6.07, 6.45) is 4.91. The smallest absolute Gasteiger partial charge is 0.257 e. The quantitative estimate of drug-likeness (QED) is 0.445. The topological polar surface area (TPSA) is 109 Å². The second kappa shape index (κ2) is 8.27. The molecule has 0 aliphatic carbocycles. The maximum atomic E-state index is 15.3. The van der Waals surface area contributed by atoms with E-state index in [4.69, 9.17) is 0 Å². The number of carbonyl (C=O) groups is 1. The van der Waals surface area contributed by atoms with Gasteiger partial charge in [-0.3, -0.25) is 14.3 Å². The lowest BCUT2D eigenvalue weighted by Crippen LogP contribution is -2.14. The Bertz CT molecular complexity index is 1450. The van der Waals surface area contributed by atoms with Crippen LogP contribution < -0.4 is 16.1 Å². The van der Waals surface area contributed by atoms with Gasteiger partial charge in [-0.05, 0) is 23.8 Å². The van der Waals surface area contributed by atoms with Gasteiger partial charge >= 0.3 is 0 Å². The average molecular weight is 436 g/mol. The number of carbonyl (C=O) groups excluding carboxylic acids is 1. The van der Waals surface area contributed by atoms with E-state index in [2.05, 4.69) is 10.4 Å². The molecule has 0 aliphatic heterocycles. The van der Waals surface area contributed by atoms with Crippen LogP contribution in [0.3, 0.4) is 0 Å². The van der Waals surface area contributed by atoms with Crippen molar-refractivity contribution in [2.75, 3.05) is 5.32 Å². The van der Waals surface area contributed by atoms with E-state index in [9.17, 15) is 19.8 Å². The first kappa shape index (κ1) is 21.3. The zero-order valence-corrected chi connectivity index (χ0v) is 17.5. The van der Waals surface area contributed by atoms with Gasteiger partial charge in [0.1, 0.15) is 5.76 Å². The summed E-state index contributed by atoms with van der Waals surface area (Å²) in [6.45, 7) is 1.40. The average Bonchev–Trinajstić information content (AvgIpc) is 3.38. The summed E-state index contributed by atoms with van der Waals surface area (Å²) < 4.78 is 18.4. The van der Waals surface area contributed by atoms with Crippen molar-refractivity contribution in [3.8, 4) is 11.1 Å². The van der Waals surface area contributed by atoms with Crippen LogP contribution in [0.15, 0.2) is 53.7 Å². The van der Waals surface area contributed by atoms with Crippen LogP contribution in [0.1, 0.15) is 29.3 Å². The summed E-state index contributed by atoms with van der Waals surface area (Å²) in [5.41, 5.74) is 1.04. The number of hydrogen-bond donors (Lipinski definition) is 3. The number of nitrogens with zero attached hydrogens (tertiary/aromatic N) is 3. The molecule has 32 heavy (non-hydrogen) atoms. The molecule has 3 aromatic heterocycles.